The third-order valence-electron chi connectivity index (χ3n) is 2.67. The highest BCUT2D eigenvalue weighted by molar-refractivity contribution is 7.98. The van der Waals surface area contributed by atoms with Gasteiger partial charge >= 0.3 is 0 Å². The molecular weight excluding hydrogens is 312 g/mol. The molecule has 0 unspecified atom stereocenters. The topological polar surface area (TPSA) is 72.2 Å². The van der Waals surface area contributed by atoms with Crippen molar-refractivity contribution in [2.24, 2.45) is 5.73 Å². The van der Waals surface area contributed by atoms with Crippen LogP contribution in [0.4, 0.5) is 0 Å². The zero-order chi connectivity index (χ0) is 15.0. The third kappa shape index (κ3) is 6.69. The van der Waals surface area contributed by atoms with E-state index in [1.807, 2.05) is 6.26 Å². The molecule has 0 fully saturated rings. The van der Waals surface area contributed by atoms with Crippen LogP contribution in [0.15, 0.2) is 24.3 Å². The van der Waals surface area contributed by atoms with Crippen LogP contribution in [0.3, 0.4) is 0 Å². The van der Waals surface area contributed by atoms with Gasteiger partial charge in [0, 0.05) is 12.1 Å². The predicted molar refractivity (Wildman–Crippen MR) is 90.6 cm³/mol. The van der Waals surface area contributed by atoms with E-state index < -0.39 is 10.0 Å². The molecule has 0 amide bonds. The first kappa shape index (κ1) is 17.4. The molecule has 112 valence electrons. The molecule has 20 heavy (non-hydrogen) atoms. The molecule has 0 spiro atoms. The molecule has 0 atom stereocenters. The van der Waals surface area contributed by atoms with E-state index >= 15 is 0 Å². The highest BCUT2D eigenvalue weighted by atomic mass is 32.2. The Morgan fingerprint density at radius 2 is 2.15 bits per heavy atom. The zero-order valence-electron chi connectivity index (χ0n) is 11.5. The maximum Gasteiger partial charge on any atom is 0.215 e. The summed E-state index contributed by atoms with van der Waals surface area (Å²) < 4.78 is 26.5. The predicted octanol–water partition coefficient (Wildman–Crippen LogP) is 1.88. The van der Waals surface area contributed by atoms with E-state index in [-0.39, 0.29) is 10.7 Å². The lowest BCUT2D eigenvalue weighted by molar-refractivity contribution is 0.577. The van der Waals surface area contributed by atoms with Crippen LogP contribution in [0, 0.1) is 0 Å². The molecule has 1 aromatic carbocycles. The van der Waals surface area contributed by atoms with Crippen molar-refractivity contribution in [3.05, 3.63) is 35.4 Å². The monoisotopic (exact) mass is 332 g/mol. The van der Waals surface area contributed by atoms with Gasteiger partial charge in [0.15, 0.2) is 0 Å². The Hall–Kier alpha value is -0.630. The standard InChI is InChI=1S/C13H20N2O2S3/c1-19-8-3-2-7-15-20(16,17)10-11-5-4-6-12(9-11)13(14)18/h4-6,9,15H,2-3,7-8,10H2,1H3,(H2,14,18). The van der Waals surface area contributed by atoms with Crippen LogP contribution in [0.1, 0.15) is 24.0 Å². The third-order valence-corrected chi connectivity index (χ3v) is 4.96. The number of nitrogens with two attached hydrogens (primary N) is 1. The summed E-state index contributed by atoms with van der Waals surface area (Å²) in [6.07, 6.45) is 3.91. The second-order valence-corrected chi connectivity index (χ2v) is 7.65. The largest absolute Gasteiger partial charge is 0.389 e. The molecule has 0 aromatic heterocycles. The Labute approximate surface area is 130 Å². The summed E-state index contributed by atoms with van der Waals surface area (Å²) in [5.74, 6) is 1.00. The van der Waals surface area contributed by atoms with Crippen LogP contribution in [-0.4, -0.2) is 32.0 Å². The minimum Gasteiger partial charge on any atom is -0.389 e. The van der Waals surface area contributed by atoms with Gasteiger partial charge in [0.1, 0.15) is 4.99 Å². The first-order valence-corrected chi connectivity index (χ1v) is 9.75. The number of benzene rings is 1. The Kier molecular flexibility index (Phi) is 7.50. The van der Waals surface area contributed by atoms with Gasteiger partial charge in [0.25, 0.3) is 0 Å². The van der Waals surface area contributed by atoms with Gasteiger partial charge in [0.2, 0.25) is 10.0 Å². The van der Waals surface area contributed by atoms with Gasteiger partial charge in [-0.3, -0.25) is 0 Å². The van der Waals surface area contributed by atoms with E-state index in [0.717, 1.165) is 18.6 Å². The number of nitrogens with one attached hydrogen (secondary N) is 1. The average molecular weight is 333 g/mol. The molecule has 0 aliphatic carbocycles. The number of hydrogen-bond donors (Lipinski definition) is 2. The van der Waals surface area contributed by atoms with E-state index in [2.05, 4.69) is 4.72 Å². The van der Waals surface area contributed by atoms with Gasteiger partial charge in [-0.25, -0.2) is 13.1 Å². The van der Waals surface area contributed by atoms with Gasteiger partial charge in [-0.2, -0.15) is 11.8 Å². The van der Waals surface area contributed by atoms with E-state index in [1.165, 1.54) is 0 Å². The van der Waals surface area contributed by atoms with Gasteiger partial charge in [0.05, 0.1) is 5.75 Å². The fraction of sp³-hybridized carbons (Fsp3) is 0.462. The van der Waals surface area contributed by atoms with Crippen molar-refractivity contribution in [1.82, 2.24) is 4.72 Å². The fourth-order valence-corrected chi connectivity index (χ4v) is 3.48. The van der Waals surface area contributed by atoms with E-state index in [1.54, 1.807) is 36.0 Å². The maximum absolute atomic E-state index is 11.9. The molecule has 7 heteroatoms. The number of rotatable bonds is 9. The lowest BCUT2D eigenvalue weighted by Crippen LogP contribution is -2.26. The number of hydrogen-bond acceptors (Lipinski definition) is 4. The normalized spacial score (nSPS) is 11.4. The second-order valence-electron chi connectivity index (χ2n) is 4.42. The molecule has 4 nitrogen and oxygen atoms in total. The highest BCUT2D eigenvalue weighted by Crippen LogP contribution is 2.09. The summed E-state index contributed by atoms with van der Waals surface area (Å²) in [6, 6.07) is 7.01. The Bertz CT molecular complexity index is 544. The summed E-state index contributed by atoms with van der Waals surface area (Å²) in [4.78, 5) is 0.272. The first-order valence-electron chi connectivity index (χ1n) is 6.29. The van der Waals surface area contributed by atoms with Gasteiger partial charge < -0.3 is 5.73 Å². The van der Waals surface area contributed by atoms with Crippen molar-refractivity contribution >= 4 is 39.0 Å². The number of thiocarbonyl (C=S) groups is 1. The average Bonchev–Trinajstić information content (AvgIpc) is 2.38. The summed E-state index contributed by atoms with van der Waals surface area (Å²) >= 11 is 6.65. The van der Waals surface area contributed by atoms with Crippen LogP contribution in [0.2, 0.25) is 0 Å². The molecule has 0 saturated carbocycles. The van der Waals surface area contributed by atoms with Crippen LogP contribution in [-0.2, 0) is 15.8 Å². The van der Waals surface area contributed by atoms with Crippen LogP contribution in [0.5, 0.6) is 0 Å². The van der Waals surface area contributed by atoms with E-state index in [4.69, 9.17) is 18.0 Å². The lowest BCUT2D eigenvalue weighted by Gasteiger charge is -2.07. The quantitative estimate of drug-likeness (QED) is 0.534. The van der Waals surface area contributed by atoms with E-state index in [9.17, 15) is 8.42 Å². The summed E-state index contributed by atoms with van der Waals surface area (Å²) in [6.45, 7) is 0.484. The van der Waals surface area contributed by atoms with Crippen molar-refractivity contribution in [3.63, 3.8) is 0 Å². The molecule has 0 radical (unpaired) electrons. The van der Waals surface area contributed by atoms with Gasteiger partial charge in [-0.05, 0) is 36.5 Å². The first-order chi connectivity index (χ1) is 9.44. The van der Waals surface area contributed by atoms with Gasteiger partial charge in [-0.15, -0.1) is 0 Å². The second kappa shape index (κ2) is 8.61. The molecule has 0 bridgehead atoms. The van der Waals surface area contributed by atoms with Crippen molar-refractivity contribution in [2.45, 2.75) is 18.6 Å². The van der Waals surface area contributed by atoms with Crippen molar-refractivity contribution in [1.29, 1.82) is 0 Å². The Morgan fingerprint density at radius 3 is 2.80 bits per heavy atom. The summed E-state index contributed by atoms with van der Waals surface area (Å²) in [5, 5.41) is 0. The van der Waals surface area contributed by atoms with Crippen molar-refractivity contribution in [2.75, 3.05) is 18.6 Å². The fourth-order valence-electron chi connectivity index (χ4n) is 1.68. The number of unbranched alkanes of at least 4 members (excludes halogenated alkanes) is 1. The van der Waals surface area contributed by atoms with Crippen molar-refractivity contribution in [3.8, 4) is 0 Å². The highest BCUT2D eigenvalue weighted by Gasteiger charge is 2.11. The SMILES string of the molecule is CSCCCCNS(=O)(=O)Cc1cccc(C(N)=S)c1. The van der Waals surface area contributed by atoms with Crippen LogP contribution in [0.25, 0.3) is 0 Å². The molecule has 3 N–H and O–H groups in total. The number of sulfonamides is 1. The molecule has 0 aliphatic heterocycles. The lowest BCUT2D eigenvalue weighted by atomic mass is 10.1. The Morgan fingerprint density at radius 1 is 1.40 bits per heavy atom. The molecule has 0 aliphatic rings. The molecular formula is C13H20N2O2S3. The molecule has 0 saturated heterocycles. The van der Waals surface area contributed by atoms with Crippen LogP contribution < -0.4 is 10.5 Å². The smallest absolute Gasteiger partial charge is 0.215 e. The molecule has 1 aromatic rings. The molecule has 1 rings (SSSR count). The molecule has 0 heterocycles. The van der Waals surface area contributed by atoms with Crippen molar-refractivity contribution < 1.29 is 8.42 Å². The van der Waals surface area contributed by atoms with E-state index in [0.29, 0.717) is 17.7 Å². The maximum atomic E-state index is 11.9. The summed E-state index contributed by atoms with van der Waals surface area (Å²) in [7, 11) is -3.31. The number of thioether (sulfide) groups is 1. The minimum absolute atomic E-state index is 0.0496. The van der Waals surface area contributed by atoms with Gasteiger partial charge in [-0.1, -0.05) is 30.4 Å². The Balaban J connectivity index is 2.53. The zero-order valence-corrected chi connectivity index (χ0v) is 13.9. The summed E-state index contributed by atoms with van der Waals surface area (Å²) in [5.41, 5.74) is 6.91. The minimum atomic E-state index is -3.31. The van der Waals surface area contributed by atoms with Crippen LogP contribution >= 0.6 is 24.0 Å².